The summed E-state index contributed by atoms with van der Waals surface area (Å²) in [6.45, 7) is 3.81. The van der Waals surface area contributed by atoms with Crippen LogP contribution >= 0.6 is 15.9 Å². The number of nitrogens with one attached hydrogen (secondary N) is 1. The molecule has 0 aliphatic rings. The number of sulfonamides is 1. The maximum absolute atomic E-state index is 12.3. The summed E-state index contributed by atoms with van der Waals surface area (Å²) in [4.78, 5) is 11.8. The molecule has 1 aromatic carbocycles. The van der Waals surface area contributed by atoms with Gasteiger partial charge in [-0.3, -0.25) is 4.79 Å². The van der Waals surface area contributed by atoms with Crippen molar-refractivity contribution in [3.05, 3.63) is 28.7 Å². The lowest BCUT2D eigenvalue weighted by Gasteiger charge is -2.18. The summed E-state index contributed by atoms with van der Waals surface area (Å²) in [5.41, 5.74) is 0. The Labute approximate surface area is 127 Å². The lowest BCUT2D eigenvalue weighted by atomic mass is 10.1. The molecule has 1 atom stereocenters. The van der Waals surface area contributed by atoms with Crippen molar-refractivity contribution in [2.45, 2.75) is 31.2 Å². The van der Waals surface area contributed by atoms with Crippen molar-refractivity contribution in [3.8, 4) is 0 Å². The second kappa shape index (κ2) is 7.19. The van der Waals surface area contributed by atoms with Crippen LogP contribution in [-0.4, -0.2) is 27.5 Å². The van der Waals surface area contributed by atoms with Crippen LogP contribution in [0.2, 0.25) is 0 Å². The molecule has 0 spiro atoms. The highest BCUT2D eigenvalue weighted by atomic mass is 79.9. The Kier molecular flexibility index (Phi) is 6.16. The molecule has 20 heavy (non-hydrogen) atoms. The Bertz CT molecular complexity index is 571. The standard InChI is InChI=1S/C13H18BrNO4S/c1-9(2)7-12(13(16)19-3)15-20(17,18)11-6-4-5-10(14)8-11/h4-6,8-9,12,15H,7H2,1-3H3. The molecule has 1 N–H and O–H groups in total. The molecule has 0 saturated carbocycles. The summed E-state index contributed by atoms with van der Waals surface area (Å²) in [7, 11) is -2.52. The van der Waals surface area contributed by atoms with Gasteiger partial charge in [0.25, 0.3) is 0 Å². The van der Waals surface area contributed by atoms with E-state index in [0.29, 0.717) is 10.9 Å². The van der Waals surface area contributed by atoms with Crippen LogP contribution in [-0.2, 0) is 19.6 Å². The first-order valence-corrected chi connectivity index (χ1v) is 8.39. The highest BCUT2D eigenvalue weighted by Gasteiger charge is 2.27. The monoisotopic (exact) mass is 363 g/mol. The summed E-state index contributed by atoms with van der Waals surface area (Å²) >= 11 is 3.22. The third kappa shape index (κ3) is 4.88. The van der Waals surface area contributed by atoms with E-state index in [1.165, 1.54) is 19.2 Å². The highest BCUT2D eigenvalue weighted by molar-refractivity contribution is 9.10. The van der Waals surface area contributed by atoms with Crippen molar-refractivity contribution in [1.29, 1.82) is 0 Å². The Hall–Kier alpha value is -0.920. The molecule has 0 bridgehead atoms. The second-order valence-electron chi connectivity index (χ2n) is 4.78. The highest BCUT2D eigenvalue weighted by Crippen LogP contribution is 2.17. The van der Waals surface area contributed by atoms with E-state index >= 15 is 0 Å². The summed E-state index contributed by atoms with van der Waals surface area (Å²) < 4.78 is 32.2. The number of carbonyl (C=O) groups excluding carboxylic acids is 1. The first-order valence-electron chi connectivity index (χ1n) is 6.12. The molecule has 0 aromatic heterocycles. The topological polar surface area (TPSA) is 72.5 Å². The minimum Gasteiger partial charge on any atom is -0.468 e. The Morgan fingerprint density at radius 3 is 2.55 bits per heavy atom. The molecule has 0 aliphatic heterocycles. The summed E-state index contributed by atoms with van der Waals surface area (Å²) in [6.07, 6.45) is 0.375. The lowest BCUT2D eigenvalue weighted by molar-refractivity contribution is -0.143. The molecule has 5 nitrogen and oxygen atoms in total. The lowest BCUT2D eigenvalue weighted by Crippen LogP contribution is -2.42. The van der Waals surface area contributed by atoms with Crippen molar-refractivity contribution in [2.24, 2.45) is 5.92 Å². The van der Waals surface area contributed by atoms with Crippen LogP contribution in [0.1, 0.15) is 20.3 Å². The average Bonchev–Trinajstić information content (AvgIpc) is 2.36. The van der Waals surface area contributed by atoms with Gasteiger partial charge in [-0.1, -0.05) is 35.8 Å². The van der Waals surface area contributed by atoms with E-state index in [1.807, 2.05) is 13.8 Å². The van der Waals surface area contributed by atoms with Gasteiger partial charge in [-0.05, 0) is 30.5 Å². The van der Waals surface area contributed by atoms with Crippen molar-refractivity contribution in [3.63, 3.8) is 0 Å². The van der Waals surface area contributed by atoms with Gasteiger partial charge in [0.1, 0.15) is 6.04 Å². The Morgan fingerprint density at radius 2 is 2.05 bits per heavy atom. The zero-order valence-electron chi connectivity index (χ0n) is 11.6. The summed E-state index contributed by atoms with van der Waals surface area (Å²) in [5.74, 6) is -0.429. The maximum atomic E-state index is 12.3. The van der Waals surface area contributed by atoms with Gasteiger partial charge in [-0.2, -0.15) is 4.72 Å². The van der Waals surface area contributed by atoms with Crippen LogP contribution in [0.15, 0.2) is 33.6 Å². The van der Waals surface area contributed by atoms with Gasteiger partial charge in [0, 0.05) is 4.47 Å². The molecule has 1 rings (SSSR count). The number of carbonyl (C=O) groups is 1. The van der Waals surface area contributed by atoms with E-state index in [2.05, 4.69) is 25.4 Å². The minimum atomic E-state index is -3.76. The molecule has 7 heteroatoms. The van der Waals surface area contributed by atoms with E-state index in [9.17, 15) is 13.2 Å². The molecular weight excluding hydrogens is 346 g/mol. The van der Waals surface area contributed by atoms with Crippen LogP contribution in [0.3, 0.4) is 0 Å². The van der Waals surface area contributed by atoms with E-state index in [0.717, 1.165) is 0 Å². The molecule has 0 saturated heterocycles. The molecule has 0 fully saturated rings. The molecule has 0 radical (unpaired) electrons. The van der Waals surface area contributed by atoms with Gasteiger partial charge >= 0.3 is 5.97 Å². The zero-order valence-corrected chi connectivity index (χ0v) is 14.0. The van der Waals surface area contributed by atoms with E-state index in [4.69, 9.17) is 0 Å². The quantitative estimate of drug-likeness (QED) is 0.787. The average molecular weight is 364 g/mol. The number of ether oxygens (including phenoxy) is 1. The van der Waals surface area contributed by atoms with Gasteiger partial charge in [-0.15, -0.1) is 0 Å². The SMILES string of the molecule is COC(=O)C(CC(C)C)NS(=O)(=O)c1cccc(Br)c1. The number of esters is 1. The third-order valence-electron chi connectivity index (χ3n) is 2.60. The Balaban J connectivity index is 2.99. The summed E-state index contributed by atoms with van der Waals surface area (Å²) in [5, 5.41) is 0. The summed E-state index contributed by atoms with van der Waals surface area (Å²) in [6, 6.07) is 5.41. The van der Waals surface area contributed by atoms with Gasteiger partial charge < -0.3 is 4.74 Å². The molecule has 0 amide bonds. The van der Waals surface area contributed by atoms with E-state index in [-0.39, 0.29) is 10.8 Å². The predicted octanol–water partition coefficient (Wildman–Crippen LogP) is 2.32. The first kappa shape index (κ1) is 17.1. The van der Waals surface area contributed by atoms with Crippen molar-refractivity contribution in [2.75, 3.05) is 7.11 Å². The van der Waals surface area contributed by atoms with Crippen molar-refractivity contribution in [1.82, 2.24) is 4.72 Å². The number of methoxy groups -OCH3 is 1. The molecule has 112 valence electrons. The number of hydrogen-bond acceptors (Lipinski definition) is 4. The smallest absolute Gasteiger partial charge is 0.323 e. The van der Waals surface area contributed by atoms with Crippen molar-refractivity contribution < 1.29 is 17.9 Å². The number of halogens is 1. The normalized spacial score (nSPS) is 13.2. The molecular formula is C13H18BrNO4S. The van der Waals surface area contributed by atoms with Gasteiger partial charge in [0.05, 0.1) is 12.0 Å². The fourth-order valence-electron chi connectivity index (χ4n) is 1.70. The number of benzene rings is 1. The number of rotatable bonds is 6. The fraction of sp³-hybridized carbons (Fsp3) is 0.462. The van der Waals surface area contributed by atoms with Crippen LogP contribution in [0, 0.1) is 5.92 Å². The zero-order chi connectivity index (χ0) is 15.3. The van der Waals surface area contributed by atoms with E-state index in [1.54, 1.807) is 12.1 Å². The number of hydrogen-bond donors (Lipinski definition) is 1. The molecule has 0 heterocycles. The first-order chi connectivity index (χ1) is 9.26. The fourth-order valence-corrected chi connectivity index (χ4v) is 3.49. The second-order valence-corrected chi connectivity index (χ2v) is 7.41. The van der Waals surface area contributed by atoms with Crippen LogP contribution in [0.25, 0.3) is 0 Å². The maximum Gasteiger partial charge on any atom is 0.323 e. The van der Waals surface area contributed by atoms with Crippen LogP contribution < -0.4 is 4.72 Å². The third-order valence-corrected chi connectivity index (χ3v) is 4.56. The van der Waals surface area contributed by atoms with Gasteiger partial charge in [0.2, 0.25) is 10.0 Å². The van der Waals surface area contributed by atoms with Crippen molar-refractivity contribution >= 4 is 31.9 Å². The van der Waals surface area contributed by atoms with E-state index < -0.39 is 22.0 Å². The van der Waals surface area contributed by atoms with Gasteiger partial charge in [-0.25, -0.2) is 8.42 Å². The molecule has 1 unspecified atom stereocenters. The predicted molar refractivity (Wildman–Crippen MR) is 79.7 cm³/mol. The van der Waals surface area contributed by atoms with Gasteiger partial charge in [0.15, 0.2) is 0 Å². The van der Waals surface area contributed by atoms with Crippen LogP contribution in [0.5, 0.6) is 0 Å². The minimum absolute atomic E-state index is 0.101. The van der Waals surface area contributed by atoms with Crippen LogP contribution in [0.4, 0.5) is 0 Å². The molecule has 1 aromatic rings. The largest absolute Gasteiger partial charge is 0.468 e. The molecule has 0 aliphatic carbocycles. The Morgan fingerprint density at radius 1 is 1.40 bits per heavy atom.